The Kier molecular flexibility index (Phi) is 4.12. The molecular weight excluding hydrogens is 328 g/mol. The van der Waals surface area contributed by atoms with Gasteiger partial charge in [0.1, 0.15) is 0 Å². The Morgan fingerprint density at radius 1 is 1.26 bits per heavy atom. The van der Waals surface area contributed by atoms with Gasteiger partial charge in [-0.3, -0.25) is 4.79 Å². The van der Waals surface area contributed by atoms with Crippen molar-refractivity contribution in [1.82, 2.24) is 0 Å². The van der Waals surface area contributed by atoms with Crippen LogP contribution in [0.3, 0.4) is 0 Å². The van der Waals surface area contributed by atoms with E-state index >= 15 is 0 Å². The topological polar surface area (TPSA) is 46.3 Å². The molecule has 0 atom stereocenters. The number of carbonyl (C=O) groups excluding carboxylic acids is 1. The van der Waals surface area contributed by atoms with Crippen molar-refractivity contribution >= 4 is 44.8 Å². The first-order chi connectivity index (χ1) is 8.99. The number of halogens is 2. The van der Waals surface area contributed by atoms with Gasteiger partial charge in [-0.1, -0.05) is 17.7 Å². The minimum atomic E-state index is -0.139. The SMILES string of the molecule is CN(C(=O)c1ccc(Br)c(Cl)c1)c1cccc(N)c1. The molecule has 19 heavy (non-hydrogen) atoms. The van der Waals surface area contributed by atoms with Gasteiger partial charge >= 0.3 is 0 Å². The summed E-state index contributed by atoms with van der Waals surface area (Å²) in [7, 11) is 1.70. The van der Waals surface area contributed by atoms with Gasteiger partial charge in [-0.25, -0.2) is 0 Å². The number of nitrogens with zero attached hydrogens (tertiary/aromatic N) is 1. The predicted molar refractivity (Wildman–Crippen MR) is 82.7 cm³/mol. The summed E-state index contributed by atoms with van der Waals surface area (Å²) in [5, 5.41) is 0.506. The number of nitrogens with two attached hydrogens (primary N) is 1. The molecule has 2 aromatic carbocycles. The Hall–Kier alpha value is -1.52. The van der Waals surface area contributed by atoms with E-state index < -0.39 is 0 Å². The molecule has 0 heterocycles. The Morgan fingerprint density at radius 2 is 2.00 bits per heavy atom. The number of anilines is 2. The second-order valence-electron chi connectivity index (χ2n) is 4.09. The number of benzene rings is 2. The van der Waals surface area contributed by atoms with Crippen molar-refractivity contribution in [2.24, 2.45) is 0 Å². The van der Waals surface area contributed by atoms with Crippen LogP contribution in [0, 0.1) is 0 Å². The van der Waals surface area contributed by atoms with Crippen molar-refractivity contribution in [2.75, 3.05) is 17.7 Å². The zero-order valence-corrected chi connectivity index (χ0v) is 12.6. The largest absolute Gasteiger partial charge is 0.399 e. The highest BCUT2D eigenvalue weighted by Gasteiger charge is 2.14. The van der Waals surface area contributed by atoms with Gasteiger partial charge in [0, 0.05) is 28.5 Å². The second kappa shape index (κ2) is 5.63. The fourth-order valence-corrected chi connectivity index (χ4v) is 2.10. The van der Waals surface area contributed by atoms with Gasteiger partial charge in [-0.05, 0) is 52.3 Å². The summed E-state index contributed by atoms with van der Waals surface area (Å²) in [6, 6.07) is 12.3. The van der Waals surface area contributed by atoms with Gasteiger partial charge < -0.3 is 10.6 Å². The van der Waals surface area contributed by atoms with Crippen molar-refractivity contribution in [1.29, 1.82) is 0 Å². The maximum absolute atomic E-state index is 12.3. The molecule has 0 aliphatic heterocycles. The lowest BCUT2D eigenvalue weighted by Crippen LogP contribution is -2.26. The highest BCUT2D eigenvalue weighted by atomic mass is 79.9. The van der Waals surface area contributed by atoms with Crippen molar-refractivity contribution in [3.8, 4) is 0 Å². The zero-order chi connectivity index (χ0) is 14.0. The summed E-state index contributed by atoms with van der Waals surface area (Å²) >= 11 is 9.29. The summed E-state index contributed by atoms with van der Waals surface area (Å²) in [5.74, 6) is -0.139. The Balaban J connectivity index is 2.30. The van der Waals surface area contributed by atoms with E-state index in [0.717, 1.165) is 10.2 Å². The van der Waals surface area contributed by atoms with E-state index in [-0.39, 0.29) is 5.91 Å². The van der Waals surface area contributed by atoms with Crippen molar-refractivity contribution < 1.29 is 4.79 Å². The highest BCUT2D eigenvalue weighted by molar-refractivity contribution is 9.10. The van der Waals surface area contributed by atoms with E-state index in [2.05, 4.69) is 15.9 Å². The van der Waals surface area contributed by atoms with Crippen molar-refractivity contribution in [3.05, 3.63) is 57.5 Å². The van der Waals surface area contributed by atoms with Crippen LogP contribution in [0.5, 0.6) is 0 Å². The Labute approximate surface area is 125 Å². The van der Waals surface area contributed by atoms with E-state index in [4.69, 9.17) is 17.3 Å². The number of carbonyl (C=O) groups is 1. The van der Waals surface area contributed by atoms with Crippen LogP contribution in [-0.4, -0.2) is 13.0 Å². The third kappa shape index (κ3) is 3.08. The molecule has 2 aromatic rings. The molecule has 1 amide bonds. The van der Waals surface area contributed by atoms with Gasteiger partial charge in [0.05, 0.1) is 5.02 Å². The van der Waals surface area contributed by atoms with Crippen LogP contribution in [0.2, 0.25) is 5.02 Å². The van der Waals surface area contributed by atoms with Crippen LogP contribution >= 0.6 is 27.5 Å². The van der Waals surface area contributed by atoms with Gasteiger partial charge in [0.25, 0.3) is 5.91 Å². The summed E-state index contributed by atoms with van der Waals surface area (Å²) < 4.78 is 0.761. The number of nitrogen functional groups attached to an aromatic ring is 1. The van der Waals surface area contributed by atoms with Crippen molar-refractivity contribution in [2.45, 2.75) is 0 Å². The van der Waals surface area contributed by atoms with Crippen LogP contribution in [-0.2, 0) is 0 Å². The molecule has 0 saturated heterocycles. The first-order valence-corrected chi connectivity index (χ1v) is 6.75. The lowest BCUT2D eigenvalue weighted by molar-refractivity contribution is 0.0993. The molecule has 98 valence electrons. The normalized spacial score (nSPS) is 10.3. The highest BCUT2D eigenvalue weighted by Crippen LogP contribution is 2.25. The minimum absolute atomic E-state index is 0.139. The van der Waals surface area contributed by atoms with E-state index in [1.165, 1.54) is 4.90 Å². The first kappa shape index (κ1) is 13.9. The second-order valence-corrected chi connectivity index (χ2v) is 5.35. The minimum Gasteiger partial charge on any atom is -0.399 e. The van der Waals surface area contributed by atoms with E-state index in [9.17, 15) is 4.79 Å². The van der Waals surface area contributed by atoms with Crippen LogP contribution in [0.25, 0.3) is 0 Å². The van der Waals surface area contributed by atoms with Crippen LogP contribution in [0.15, 0.2) is 46.9 Å². The molecule has 0 spiro atoms. The van der Waals surface area contributed by atoms with Gasteiger partial charge in [0.15, 0.2) is 0 Å². The molecule has 5 heteroatoms. The molecule has 0 radical (unpaired) electrons. The summed E-state index contributed by atoms with van der Waals surface area (Å²) in [6.07, 6.45) is 0. The standard InChI is InChI=1S/C14H12BrClN2O/c1-18(11-4-2-3-10(17)8-11)14(19)9-5-6-12(15)13(16)7-9/h2-8H,17H2,1H3. The van der Waals surface area contributed by atoms with E-state index in [1.54, 1.807) is 37.4 Å². The Bertz CT molecular complexity index is 631. The molecule has 2 N–H and O–H groups in total. The average Bonchev–Trinajstić information content (AvgIpc) is 2.40. The Morgan fingerprint density at radius 3 is 2.63 bits per heavy atom. The van der Waals surface area contributed by atoms with Gasteiger partial charge in [0.2, 0.25) is 0 Å². The summed E-state index contributed by atoms with van der Waals surface area (Å²) in [6.45, 7) is 0. The summed E-state index contributed by atoms with van der Waals surface area (Å²) in [4.78, 5) is 13.9. The molecule has 0 aliphatic rings. The molecule has 0 aromatic heterocycles. The number of rotatable bonds is 2. The summed E-state index contributed by atoms with van der Waals surface area (Å²) in [5.41, 5.74) is 7.60. The molecule has 0 saturated carbocycles. The smallest absolute Gasteiger partial charge is 0.258 e. The zero-order valence-electron chi connectivity index (χ0n) is 10.2. The molecule has 0 fully saturated rings. The molecular formula is C14H12BrClN2O. The third-order valence-corrected chi connectivity index (χ3v) is 3.96. The molecule has 0 bridgehead atoms. The molecule has 0 unspecified atom stereocenters. The van der Waals surface area contributed by atoms with E-state index in [0.29, 0.717) is 16.3 Å². The third-order valence-electron chi connectivity index (χ3n) is 2.73. The lowest BCUT2D eigenvalue weighted by atomic mass is 10.2. The van der Waals surface area contributed by atoms with Crippen LogP contribution < -0.4 is 10.6 Å². The average molecular weight is 340 g/mol. The maximum atomic E-state index is 12.3. The fourth-order valence-electron chi connectivity index (χ4n) is 1.67. The number of hydrogen-bond donors (Lipinski definition) is 1. The lowest BCUT2D eigenvalue weighted by Gasteiger charge is -2.18. The first-order valence-electron chi connectivity index (χ1n) is 5.57. The van der Waals surface area contributed by atoms with Gasteiger partial charge in [-0.15, -0.1) is 0 Å². The molecule has 0 aliphatic carbocycles. The van der Waals surface area contributed by atoms with Crippen molar-refractivity contribution in [3.63, 3.8) is 0 Å². The number of amides is 1. The van der Waals surface area contributed by atoms with Crippen LogP contribution in [0.1, 0.15) is 10.4 Å². The number of hydrogen-bond acceptors (Lipinski definition) is 2. The molecule has 3 nitrogen and oxygen atoms in total. The predicted octanol–water partition coefficient (Wildman–Crippen LogP) is 3.96. The van der Waals surface area contributed by atoms with Crippen LogP contribution in [0.4, 0.5) is 11.4 Å². The monoisotopic (exact) mass is 338 g/mol. The van der Waals surface area contributed by atoms with Gasteiger partial charge in [-0.2, -0.15) is 0 Å². The van der Waals surface area contributed by atoms with E-state index in [1.807, 2.05) is 12.1 Å². The fraction of sp³-hybridized carbons (Fsp3) is 0.0714. The quantitative estimate of drug-likeness (QED) is 0.842. The molecule has 2 rings (SSSR count). The maximum Gasteiger partial charge on any atom is 0.258 e.